The molecule has 0 aliphatic carbocycles. The number of halogens is 2. The lowest BCUT2D eigenvalue weighted by molar-refractivity contribution is 0.0238. The highest BCUT2D eigenvalue weighted by atomic mass is 35.5. The molecule has 0 unspecified atom stereocenters. The van der Waals surface area contributed by atoms with Crippen LogP contribution in [0.2, 0.25) is 10.3 Å². The van der Waals surface area contributed by atoms with E-state index < -0.39 is 5.60 Å². The zero-order chi connectivity index (χ0) is 19.1. The fourth-order valence-corrected chi connectivity index (χ4v) is 3.23. The summed E-state index contributed by atoms with van der Waals surface area (Å²) in [6, 6.07) is 1.72. The van der Waals surface area contributed by atoms with E-state index in [1.54, 1.807) is 24.2 Å². The lowest BCUT2D eigenvalue weighted by Gasteiger charge is -2.28. The monoisotopic (exact) mass is 397 g/mol. The van der Waals surface area contributed by atoms with E-state index in [4.69, 9.17) is 27.9 Å². The molecule has 1 fully saturated rings. The van der Waals surface area contributed by atoms with Crippen LogP contribution in [-0.2, 0) is 4.74 Å². The number of pyridine rings is 1. The molecule has 0 radical (unpaired) electrons. The van der Waals surface area contributed by atoms with Gasteiger partial charge in [-0.1, -0.05) is 11.6 Å². The number of carbonyl (C=O) groups excluding carboxylic acids is 1. The minimum absolute atomic E-state index is 0.0148. The van der Waals surface area contributed by atoms with E-state index in [0.29, 0.717) is 28.4 Å². The Balaban J connectivity index is 1.81. The van der Waals surface area contributed by atoms with Gasteiger partial charge in [0.15, 0.2) is 5.82 Å². The molecule has 0 aromatic carbocycles. The first-order valence-electron chi connectivity index (χ1n) is 8.33. The number of carbonyl (C=O) groups is 1. The van der Waals surface area contributed by atoms with Crippen LogP contribution in [0, 0.1) is 0 Å². The smallest absolute Gasteiger partial charge is 0.410 e. The van der Waals surface area contributed by atoms with Crippen LogP contribution in [0.25, 0.3) is 11.0 Å². The van der Waals surface area contributed by atoms with Crippen molar-refractivity contribution in [3.05, 3.63) is 22.6 Å². The number of aromatic nitrogens is 3. The Morgan fingerprint density at radius 1 is 1.35 bits per heavy atom. The second kappa shape index (κ2) is 7.04. The molecule has 140 valence electrons. The number of hydrogen-bond donors (Lipinski definition) is 0. The number of fused-ring (bicyclic) bond motifs is 1. The van der Waals surface area contributed by atoms with Crippen molar-refractivity contribution in [3.63, 3.8) is 0 Å². The number of amides is 1. The van der Waals surface area contributed by atoms with Gasteiger partial charge in [-0.3, -0.25) is 0 Å². The molecule has 1 atom stereocenters. The van der Waals surface area contributed by atoms with Gasteiger partial charge in [0.05, 0.1) is 16.6 Å². The van der Waals surface area contributed by atoms with Gasteiger partial charge in [-0.05, 0) is 44.9 Å². The van der Waals surface area contributed by atoms with Crippen LogP contribution < -0.4 is 4.90 Å². The fraction of sp³-hybridized carbons (Fsp3) is 0.529. The highest BCUT2D eigenvalue weighted by Gasteiger charge is 2.32. The Morgan fingerprint density at radius 3 is 2.77 bits per heavy atom. The molecule has 0 bridgehead atoms. The predicted molar refractivity (Wildman–Crippen MR) is 102 cm³/mol. The molecule has 9 heteroatoms. The molecule has 0 saturated carbocycles. The summed E-state index contributed by atoms with van der Waals surface area (Å²) in [5.41, 5.74) is 0.708. The molecule has 26 heavy (non-hydrogen) atoms. The Bertz CT molecular complexity index is 834. The van der Waals surface area contributed by atoms with E-state index in [2.05, 4.69) is 19.9 Å². The largest absolute Gasteiger partial charge is 0.444 e. The lowest BCUT2D eigenvalue weighted by atomic mass is 10.2. The Labute approximate surface area is 162 Å². The Kier molecular flexibility index (Phi) is 5.12. The summed E-state index contributed by atoms with van der Waals surface area (Å²) in [5.74, 6) is 0.650. The zero-order valence-corrected chi connectivity index (χ0v) is 16.7. The first-order valence-corrected chi connectivity index (χ1v) is 9.09. The summed E-state index contributed by atoms with van der Waals surface area (Å²) in [6.07, 6.45) is 2.03. The topological polar surface area (TPSA) is 71.5 Å². The highest BCUT2D eigenvalue weighted by molar-refractivity contribution is 6.31. The van der Waals surface area contributed by atoms with E-state index in [0.717, 1.165) is 13.0 Å². The van der Waals surface area contributed by atoms with Crippen molar-refractivity contribution >= 4 is 46.1 Å². The molecule has 1 amide bonds. The Morgan fingerprint density at radius 2 is 2.08 bits per heavy atom. The van der Waals surface area contributed by atoms with Crippen LogP contribution in [0.5, 0.6) is 0 Å². The second-order valence-corrected chi connectivity index (χ2v) is 8.09. The SMILES string of the molecule is CN(C(=O)OC(C)(C)C)[C@@H]1CCN(c2nc(Cl)nc3cc(Cl)cnc23)C1. The van der Waals surface area contributed by atoms with Gasteiger partial charge in [-0.25, -0.2) is 14.8 Å². The number of anilines is 1. The summed E-state index contributed by atoms with van der Waals surface area (Å²) in [5, 5.41) is 0.627. The van der Waals surface area contributed by atoms with Crippen LogP contribution in [0.15, 0.2) is 12.3 Å². The molecule has 1 aliphatic rings. The van der Waals surface area contributed by atoms with E-state index in [9.17, 15) is 4.79 Å². The van der Waals surface area contributed by atoms with Gasteiger partial charge in [-0.2, -0.15) is 4.98 Å². The van der Waals surface area contributed by atoms with E-state index in [1.165, 1.54) is 0 Å². The van der Waals surface area contributed by atoms with Crippen molar-refractivity contribution in [2.75, 3.05) is 25.0 Å². The minimum Gasteiger partial charge on any atom is -0.444 e. The first kappa shape index (κ1) is 18.9. The molecule has 1 saturated heterocycles. The van der Waals surface area contributed by atoms with Crippen LogP contribution in [0.4, 0.5) is 10.6 Å². The summed E-state index contributed by atoms with van der Waals surface area (Å²) >= 11 is 12.1. The van der Waals surface area contributed by atoms with Crippen LogP contribution in [0.3, 0.4) is 0 Å². The third-order valence-corrected chi connectivity index (χ3v) is 4.52. The van der Waals surface area contributed by atoms with Gasteiger partial charge in [0.25, 0.3) is 0 Å². The normalized spacial score (nSPS) is 17.6. The minimum atomic E-state index is -0.525. The molecule has 3 rings (SSSR count). The third kappa shape index (κ3) is 4.10. The van der Waals surface area contributed by atoms with Crippen molar-refractivity contribution in [2.24, 2.45) is 0 Å². The van der Waals surface area contributed by atoms with Gasteiger partial charge in [0.1, 0.15) is 11.1 Å². The summed E-state index contributed by atoms with van der Waals surface area (Å²) in [7, 11) is 1.76. The second-order valence-electron chi connectivity index (χ2n) is 7.32. The maximum atomic E-state index is 12.3. The Hall–Kier alpha value is -1.86. The van der Waals surface area contributed by atoms with Crippen molar-refractivity contribution in [3.8, 4) is 0 Å². The lowest BCUT2D eigenvalue weighted by Crippen LogP contribution is -2.42. The number of hydrogen-bond acceptors (Lipinski definition) is 6. The molecular formula is C17H21Cl2N5O2. The first-order chi connectivity index (χ1) is 12.1. The molecule has 0 N–H and O–H groups in total. The molecule has 1 aliphatic heterocycles. The fourth-order valence-electron chi connectivity index (χ4n) is 2.90. The van der Waals surface area contributed by atoms with Crippen LogP contribution in [-0.4, -0.2) is 57.7 Å². The van der Waals surface area contributed by atoms with Gasteiger partial charge >= 0.3 is 6.09 Å². The van der Waals surface area contributed by atoms with Crippen molar-refractivity contribution in [1.29, 1.82) is 0 Å². The number of nitrogens with zero attached hydrogens (tertiary/aromatic N) is 5. The molecule has 7 nitrogen and oxygen atoms in total. The number of likely N-dealkylation sites (N-methyl/N-ethyl adjacent to an activating group) is 1. The van der Waals surface area contributed by atoms with Crippen LogP contribution >= 0.6 is 23.2 Å². The average Bonchev–Trinajstić information content (AvgIpc) is 3.00. The van der Waals surface area contributed by atoms with E-state index in [1.807, 2.05) is 20.8 Å². The quantitative estimate of drug-likeness (QED) is 0.717. The van der Waals surface area contributed by atoms with Crippen molar-refractivity contribution in [1.82, 2.24) is 19.9 Å². The predicted octanol–water partition coefficient (Wildman–Crippen LogP) is 3.78. The molecule has 2 aromatic rings. The third-order valence-electron chi connectivity index (χ3n) is 4.15. The standard InChI is InChI=1S/C17H21Cl2N5O2/c1-17(2,3)26-16(25)23(4)11-5-6-24(9-11)14-13-12(21-15(19)22-14)7-10(18)8-20-13/h7-8,11H,5-6,9H2,1-4H3/t11-/m1/s1. The molecule has 2 aromatic heterocycles. The highest BCUT2D eigenvalue weighted by Crippen LogP contribution is 2.29. The van der Waals surface area contributed by atoms with Gasteiger partial charge in [0.2, 0.25) is 5.28 Å². The maximum Gasteiger partial charge on any atom is 0.410 e. The van der Waals surface area contributed by atoms with Gasteiger partial charge in [0, 0.05) is 26.3 Å². The van der Waals surface area contributed by atoms with E-state index >= 15 is 0 Å². The maximum absolute atomic E-state index is 12.3. The van der Waals surface area contributed by atoms with Crippen LogP contribution in [0.1, 0.15) is 27.2 Å². The number of rotatable bonds is 2. The molecule has 3 heterocycles. The average molecular weight is 398 g/mol. The molecule has 0 spiro atoms. The summed E-state index contributed by atoms with van der Waals surface area (Å²) in [4.78, 5) is 28.9. The van der Waals surface area contributed by atoms with Gasteiger partial charge in [-0.15, -0.1) is 0 Å². The number of ether oxygens (including phenoxy) is 1. The summed E-state index contributed by atoms with van der Waals surface area (Å²) < 4.78 is 5.45. The van der Waals surface area contributed by atoms with E-state index in [-0.39, 0.29) is 17.4 Å². The van der Waals surface area contributed by atoms with Crippen molar-refractivity contribution in [2.45, 2.75) is 38.8 Å². The summed E-state index contributed by atoms with van der Waals surface area (Å²) in [6.45, 7) is 6.90. The van der Waals surface area contributed by atoms with Gasteiger partial charge < -0.3 is 14.5 Å². The molecular weight excluding hydrogens is 377 g/mol. The zero-order valence-electron chi connectivity index (χ0n) is 15.2. The van der Waals surface area contributed by atoms with Crippen molar-refractivity contribution < 1.29 is 9.53 Å².